The van der Waals surface area contributed by atoms with E-state index in [0.29, 0.717) is 12.8 Å². The minimum Gasteiger partial charge on any atom is -0.497 e. The Bertz CT molecular complexity index is 377. The standard InChI is InChI=1S/C13H19BrO3/c1-4-13(2,16)12(15)8-9-7-10(17-3)5-6-11(9)14/h5-7,12,15-16H,4,8H2,1-3H3. The van der Waals surface area contributed by atoms with Gasteiger partial charge in [-0.05, 0) is 37.1 Å². The number of benzene rings is 1. The van der Waals surface area contributed by atoms with E-state index < -0.39 is 11.7 Å². The Morgan fingerprint density at radius 3 is 2.65 bits per heavy atom. The number of aliphatic hydroxyl groups excluding tert-OH is 1. The molecular formula is C13H19BrO3. The van der Waals surface area contributed by atoms with Crippen LogP contribution in [-0.4, -0.2) is 29.0 Å². The van der Waals surface area contributed by atoms with Crippen molar-refractivity contribution in [1.29, 1.82) is 0 Å². The maximum atomic E-state index is 10.0. The molecule has 1 rings (SSSR count). The van der Waals surface area contributed by atoms with E-state index in [1.165, 1.54) is 0 Å². The summed E-state index contributed by atoms with van der Waals surface area (Å²) in [6, 6.07) is 5.58. The van der Waals surface area contributed by atoms with Crippen molar-refractivity contribution in [3.8, 4) is 5.75 Å². The first-order valence-electron chi connectivity index (χ1n) is 5.63. The lowest BCUT2D eigenvalue weighted by atomic mass is 9.91. The van der Waals surface area contributed by atoms with Crippen LogP contribution >= 0.6 is 15.9 Å². The second-order valence-corrected chi connectivity index (χ2v) is 5.24. The van der Waals surface area contributed by atoms with Crippen molar-refractivity contribution in [2.75, 3.05) is 7.11 Å². The number of methoxy groups -OCH3 is 1. The third kappa shape index (κ3) is 3.69. The highest BCUT2D eigenvalue weighted by Gasteiger charge is 2.28. The fourth-order valence-electron chi connectivity index (χ4n) is 1.50. The van der Waals surface area contributed by atoms with Gasteiger partial charge >= 0.3 is 0 Å². The monoisotopic (exact) mass is 302 g/mol. The van der Waals surface area contributed by atoms with Gasteiger partial charge in [0.25, 0.3) is 0 Å². The number of halogens is 1. The number of hydrogen-bond acceptors (Lipinski definition) is 3. The smallest absolute Gasteiger partial charge is 0.119 e. The van der Waals surface area contributed by atoms with Gasteiger partial charge in [-0.3, -0.25) is 0 Å². The zero-order chi connectivity index (χ0) is 13.1. The molecule has 0 heterocycles. The second-order valence-electron chi connectivity index (χ2n) is 4.39. The van der Waals surface area contributed by atoms with Crippen LogP contribution in [0.5, 0.6) is 5.75 Å². The molecule has 96 valence electrons. The van der Waals surface area contributed by atoms with E-state index in [-0.39, 0.29) is 0 Å². The second kappa shape index (κ2) is 5.85. The molecule has 0 aromatic heterocycles. The van der Waals surface area contributed by atoms with Crippen molar-refractivity contribution < 1.29 is 14.9 Å². The molecule has 0 saturated carbocycles. The fraction of sp³-hybridized carbons (Fsp3) is 0.538. The van der Waals surface area contributed by atoms with Gasteiger partial charge in [0.05, 0.1) is 18.8 Å². The molecule has 0 aliphatic heterocycles. The van der Waals surface area contributed by atoms with Crippen LogP contribution in [0.15, 0.2) is 22.7 Å². The Kier molecular flexibility index (Phi) is 4.98. The zero-order valence-corrected chi connectivity index (χ0v) is 12.0. The maximum absolute atomic E-state index is 10.0. The SMILES string of the molecule is CCC(C)(O)C(O)Cc1cc(OC)ccc1Br. The van der Waals surface area contributed by atoms with Crippen molar-refractivity contribution in [2.24, 2.45) is 0 Å². The van der Waals surface area contributed by atoms with Gasteiger partial charge in [-0.1, -0.05) is 22.9 Å². The molecule has 0 amide bonds. The zero-order valence-electron chi connectivity index (χ0n) is 10.4. The first kappa shape index (κ1) is 14.5. The Balaban J connectivity index is 2.87. The topological polar surface area (TPSA) is 49.7 Å². The van der Waals surface area contributed by atoms with E-state index in [1.54, 1.807) is 14.0 Å². The highest BCUT2D eigenvalue weighted by molar-refractivity contribution is 9.10. The lowest BCUT2D eigenvalue weighted by molar-refractivity contribution is -0.0630. The average molecular weight is 303 g/mol. The Hall–Kier alpha value is -0.580. The Morgan fingerprint density at radius 1 is 1.47 bits per heavy atom. The van der Waals surface area contributed by atoms with Crippen LogP contribution in [0.2, 0.25) is 0 Å². The van der Waals surface area contributed by atoms with Crippen molar-refractivity contribution >= 4 is 15.9 Å². The molecule has 3 nitrogen and oxygen atoms in total. The predicted molar refractivity (Wildman–Crippen MR) is 71.3 cm³/mol. The van der Waals surface area contributed by atoms with Crippen LogP contribution < -0.4 is 4.74 Å². The van der Waals surface area contributed by atoms with Crippen LogP contribution in [0.3, 0.4) is 0 Å². The van der Waals surface area contributed by atoms with Crippen LogP contribution in [0, 0.1) is 0 Å². The summed E-state index contributed by atoms with van der Waals surface area (Å²) in [5, 5.41) is 20.0. The lowest BCUT2D eigenvalue weighted by Crippen LogP contribution is -2.40. The van der Waals surface area contributed by atoms with E-state index in [2.05, 4.69) is 15.9 Å². The summed E-state index contributed by atoms with van der Waals surface area (Å²) in [5.74, 6) is 0.742. The summed E-state index contributed by atoms with van der Waals surface area (Å²) >= 11 is 3.43. The van der Waals surface area contributed by atoms with Gasteiger partial charge in [0, 0.05) is 10.9 Å². The van der Waals surface area contributed by atoms with Crippen LogP contribution in [0.1, 0.15) is 25.8 Å². The molecule has 0 aliphatic carbocycles. The third-order valence-electron chi connectivity index (χ3n) is 3.10. The predicted octanol–water partition coefficient (Wildman–Crippen LogP) is 2.52. The largest absolute Gasteiger partial charge is 0.497 e. The third-order valence-corrected chi connectivity index (χ3v) is 3.87. The van der Waals surface area contributed by atoms with E-state index in [1.807, 2.05) is 25.1 Å². The van der Waals surface area contributed by atoms with Crippen LogP contribution in [-0.2, 0) is 6.42 Å². The minimum atomic E-state index is -1.07. The molecule has 0 bridgehead atoms. The van der Waals surface area contributed by atoms with Gasteiger partial charge in [0.2, 0.25) is 0 Å². The van der Waals surface area contributed by atoms with Gasteiger partial charge in [-0.15, -0.1) is 0 Å². The molecule has 0 fully saturated rings. The van der Waals surface area contributed by atoms with E-state index in [9.17, 15) is 10.2 Å². The summed E-state index contributed by atoms with van der Waals surface area (Å²) in [7, 11) is 1.60. The molecular weight excluding hydrogens is 284 g/mol. The number of rotatable bonds is 5. The quantitative estimate of drug-likeness (QED) is 0.879. The van der Waals surface area contributed by atoms with Crippen LogP contribution in [0.25, 0.3) is 0 Å². The summed E-state index contributed by atoms with van der Waals surface area (Å²) in [5.41, 5.74) is -0.145. The molecule has 2 N–H and O–H groups in total. The van der Waals surface area contributed by atoms with E-state index in [4.69, 9.17) is 4.74 Å². The maximum Gasteiger partial charge on any atom is 0.119 e. The molecule has 2 atom stereocenters. The number of aliphatic hydroxyl groups is 2. The van der Waals surface area contributed by atoms with E-state index in [0.717, 1.165) is 15.8 Å². The van der Waals surface area contributed by atoms with Gasteiger partial charge < -0.3 is 14.9 Å². The normalized spacial score (nSPS) is 16.4. The van der Waals surface area contributed by atoms with Crippen LogP contribution in [0.4, 0.5) is 0 Å². The minimum absolute atomic E-state index is 0.388. The van der Waals surface area contributed by atoms with Gasteiger partial charge in [-0.25, -0.2) is 0 Å². The first-order valence-corrected chi connectivity index (χ1v) is 6.43. The fourth-order valence-corrected chi connectivity index (χ4v) is 1.91. The van der Waals surface area contributed by atoms with Gasteiger partial charge in [0.1, 0.15) is 5.75 Å². The summed E-state index contributed by atoms with van der Waals surface area (Å²) < 4.78 is 6.05. The molecule has 1 aromatic carbocycles. The molecule has 4 heteroatoms. The molecule has 2 unspecified atom stereocenters. The van der Waals surface area contributed by atoms with Crippen molar-refractivity contribution in [3.63, 3.8) is 0 Å². The molecule has 1 aromatic rings. The molecule has 0 aliphatic rings. The van der Waals surface area contributed by atoms with Crippen molar-refractivity contribution in [2.45, 2.75) is 38.4 Å². The first-order chi connectivity index (χ1) is 7.90. The lowest BCUT2D eigenvalue weighted by Gasteiger charge is -2.28. The van der Waals surface area contributed by atoms with Crippen molar-refractivity contribution in [1.82, 2.24) is 0 Å². The van der Waals surface area contributed by atoms with Crippen molar-refractivity contribution in [3.05, 3.63) is 28.2 Å². The summed E-state index contributed by atoms with van der Waals surface area (Å²) in [6.45, 7) is 3.50. The summed E-state index contributed by atoms with van der Waals surface area (Å²) in [6.07, 6.45) is 0.102. The molecule has 0 saturated heterocycles. The van der Waals surface area contributed by atoms with E-state index >= 15 is 0 Å². The number of hydrogen-bond donors (Lipinski definition) is 2. The summed E-state index contributed by atoms with van der Waals surface area (Å²) in [4.78, 5) is 0. The highest BCUT2D eigenvalue weighted by Crippen LogP contribution is 2.26. The number of ether oxygens (including phenoxy) is 1. The molecule has 17 heavy (non-hydrogen) atoms. The van der Waals surface area contributed by atoms with Gasteiger partial charge in [0.15, 0.2) is 0 Å². The Labute approximate surface area is 111 Å². The Morgan fingerprint density at radius 2 is 2.12 bits per heavy atom. The molecule has 0 radical (unpaired) electrons. The highest BCUT2D eigenvalue weighted by atomic mass is 79.9. The van der Waals surface area contributed by atoms with Gasteiger partial charge in [-0.2, -0.15) is 0 Å². The molecule has 0 spiro atoms. The average Bonchev–Trinajstić information content (AvgIpc) is 2.31.